The maximum absolute atomic E-state index is 5.03. The van der Waals surface area contributed by atoms with E-state index in [-0.39, 0.29) is 0 Å². The van der Waals surface area contributed by atoms with Gasteiger partial charge in [0, 0.05) is 19.2 Å². The van der Waals surface area contributed by atoms with Gasteiger partial charge in [-0.2, -0.15) is 0 Å². The number of nitrogens with zero attached hydrogens (tertiary/aromatic N) is 2. The number of imidazole rings is 1. The molecule has 0 fully saturated rings. The Hall–Kier alpha value is -1.57. The Morgan fingerprint density at radius 1 is 0.528 bits per heavy atom. The van der Waals surface area contributed by atoms with Crippen molar-refractivity contribution in [3.8, 4) is 0 Å². The van der Waals surface area contributed by atoms with Crippen molar-refractivity contribution in [3.63, 3.8) is 0 Å². The fourth-order valence-electron chi connectivity index (χ4n) is 5.39. The van der Waals surface area contributed by atoms with Gasteiger partial charge in [0.1, 0.15) is 5.82 Å². The van der Waals surface area contributed by atoms with Crippen LogP contribution < -0.4 is 0 Å². The minimum atomic E-state index is 1.09. The van der Waals surface area contributed by atoms with E-state index in [2.05, 4.69) is 54.9 Å². The molecule has 1 aromatic heterocycles. The third-order valence-electron chi connectivity index (χ3n) is 7.62. The molecule has 1 aromatic carbocycles. The Kier molecular flexibility index (Phi) is 18.3. The first-order valence-corrected chi connectivity index (χ1v) is 15.9. The van der Waals surface area contributed by atoms with Gasteiger partial charge in [0.25, 0.3) is 0 Å². The van der Waals surface area contributed by atoms with Crippen LogP contribution in [0.4, 0.5) is 0 Å². The molecule has 0 spiro atoms. The van der Waals surface area contributed by atoms with E-state index in [0.717, 1.165) is 25.8 Å². The highest BCUT2D eigenvalue weighted by molar-refractivity contribution is 5.15. The topological polar surface area (TPSA) is 17.8 Å². The molecule has 2 rings (SSSR count). The average Bonchev–Trinajstić information content (AvgIpc) is 3.28. The van der Waals surface area contributed by atoms with Crippen molar-refractivity contribution in [2.24, 2.45) is 0 Å². The first kappa shape index (κ1) is 30.7. The van der Waals surface area contributed by atoms with E-state index in [4.69, 9.17) is 4.98 Å². The van der Waals surface area contributed by atoms with Gasteiger partial charge in [0.2, 0.25) is 0 Å². The zero-order valence-corrected chi connectivity index (χ0v) is 24.1. The smallest absolute Gasteiger partial charge is 0.108 e. The Labute approximate surface area is 224 Å². The summed E-state index contributed by atoms with van der Waals surface area (Å²) in [5, 5.41) is 0. The molecule has 2 nitrogen and oxygen atoms in total. The summed E-state index contributed by atoms with van der Waals surface area (Å²) in [6, 6.07) is 10.9. The van der Waals surface area contributed by atoms with Gasteiger partial charge in [-0.25, -0.2) is 4.98 Å². The Morgan fingerprint density at radius 2 is 1.06 bits per heavy atom. The minimum Gasteiger partial charge on any atom is -0.335 e. The quantitative estimate of drug-likeness (QED) is 0.133. The Bertz CT molecular complexity index is 733. The second-order valence-corrected chi connectivity index (χ2v) is 11.1. The molecule has 204 valence electrons. The molecule has 1 heterocycles. The number of rotatable bonds is 24. The molecule has 0 saturated heterocycles. The minimum absolute atomic E-state index is 1.09. The van der Waals surface area contributed by atoms with Crippen LogP contribution in [0.5, 0.6) is 0 Å². The second-order valence-electron chi connectivity index (χ2n) is 11.1. The fraction of sp³-hybridized carbons (Fsp3) is 0.735. The maximum Gasteiger partial charge on any atom is 0.108 e. The average molecular weight is 495 g/mol. The molecule has 0 aliphatic heterocycles. The molecule has 0 saturated carbocycles. The van der Waals surface area contributed by atoms with Crippen LogP contribution in [0.25, 0.3) is 0 Å². The highest BCUT2D eigenvalue weighted by Crippen LogP contribution is 2.16. The molecule has 36 heavy (non-hydrogen) atoms. The lowest BCUT2D eigenvalue weighted by atomic mass is 10.0. The van der Waals surface area contributed by atoms with Gasteiger partial charge < -0.3 is 4.57 Å². The standard InChI is InChI=1S/C34H58N2/c1-3-5-6-7-8-9-10-11-12-13-14-15-16-17-18-19-23-29-34-35-33(31-36(34)30-4-2)28-24-27-32-25-21-20-22-26-32/h20-22,25-26,31H,3-19,23-24,27-30H2,1-2H3. The molecular weight excluding hydrogens is 436 g/mol. The lowest BCUT2D eigenvalue weighted by Gasteiger charge is -2.06. The van der Waals surface area contributed by atoms with E-state index in [1.807, 2.05) is 0 Å². The van der Waals surface area contributed by atoms with Crippen molar-refractivity contribution in [1.82, 2.24) is 9.55 Å². The third kappa shape index (κ3) is 14.9. The molecular formula is C34H58N2. The zero-order chi connectivity index (χ0) is 25.5. The molecule has 0 N–H and O–H groups in total. The van der Waals surface area contributed by atoms with Crippen molar-refractivity contribution in [2.45, 2.75) is 162 Å². The molecule has 0 aliphatic carbocycles. The van der Waals surface area contributed by atoms with Crippen molar-refractivity contribution in [1.29, 1.82) is 0 Å². The molecule has 0 unspecified atom stereocenters. The number of aryl methyl sites for hydroxylation is 4. The van der Waals surface area contributed by atoms with E-state index >= 15 is 0 Å². The van der Waals surface area contributed by atoms with Gasteiger partial charge in [-0.3, -0.25) is 0 Å². The Balaban J connectivity index is 1.45. The first-order chi connectivity index (χ1) is 17.8. The van der Waals surface area contributed by atoms with E-state index in [1.165, 1.54) is 139 Å². The van der Waals surface area contributed by atoms with E-state index in [9.17, 15) is 0 Å². The highest BCUT2D eigenvalue weighted by atomic mass is 15.1. The second kappa shape index (κ2) is 21.5. The Morgan fingerprint density at radius 3 is 1.58 bits per heavy atom. The van der Waals surface area contributed by atoms with Crippen LogP contribution in [0.1, 0.15) is 153 Å². The summed E-state index contributed by atoms with van der Waals surface area (Å²) in [4.78, 5) is 5.03. The van der Waals surface area contributed by atoms with Crippen molar-refractivity contribution in [3.05, 3.63) is 53.6 Å². The zero-order valence-electron chi connectivity index (χ0n) is 24.1. The monoisotopic (exact) mass is 494 g/mol. The van der Waals surface area contributed by atoms with Gasteiger partial charge in [0.05, 0.1) is 5.69 Å². The van der Waals surface area contributed by atoms with Gasteiger partial charge >= 0.3 is 0 Å². The molecule has 0 atom stereocenters. The molecule has 0 radical (unpaired) electrons. The van der Waals surface area contributed by atoms with Crippen LogP contribution >= 0.6 is 0 Å². The van der Waals surface area contributed by atoms with Crippen LogP contribution in [0, 0.1) is 0 Å². The predicted octanol–water partition coefficient (Wildman–Crippen LogP) is 10.7. The molecule has 0 bridgehead atoms. The van der Waals surface area contributed by atoms with Crippen LogP contribution in [0.15, 0.2) is 36.5 Å². The predicted molar refractivity (Wildman–Crippen MR) is 159 cm³/mol. The summed E-state index contributed by atoms with van der Waals surface area (Å²) in [5.74, 6) is 1.33. The number of hydrogen-bond acceptors (Lipinski definition) is 1. The lowest BCUT2D eigenvalue weighted by Crippen LogP contribution is -2.02. The lowest BCUT2D eigenvalue weighted by molar-refractivity contribution is 0.525. The van der Waals surface area contributed by atoms with Gasteiger partial charge in [-0.15, -0.1) is 0 Å². The van der Waals surface area contributed by atoms with E-state index < -0.39 is 0 Å². The fourth-order valence-corrected chi connectivity index (χ4v) is 5.39. The van der Waals surface area contributed by atoms with Crippen LogP contribution in [-0.4, -0.2) is 9.55 Å². The van der Waals surface area contributed by atoms with Crippen LogP contribution in [0.3, 0.4) is 0 Å². The van der Waals surface area contributed by atoms with Crippen LogP contribution in [0.2, 0.25) is 0 Å². The third-order valence-corrected chi connectivity index (χ3v) is 7.62. The van der Waals surface area contributed by atoms with Gasteiger partial charge in [0.15, 0.2) is 0 Å². The normalized spacial score (nSPS) is 11.4. The first-order valence-electron chi connectivity index (χ1n) is 15.9. The number of benzene rings is 1. The van der Waals surface area contributed by atoms with Crippen LogP contribution in [-0.2, 0) is 25.8 Å². The summed E-state index contributed by atoms with van der Waals surface area (Å²) >= 11 is 0. The molecule has 2 heteroatoms. The summed E-state index contributed by atoms with van der Waals surface area (Å²) in [7, 11) is 0. The van der Waals surface area contributed by atoms with Crippen molar-refractivity contribution >= 4 is 0 Å². The summed E-state index contributed by atoms with van der Waals surface area (Å²) in [6.07, 6.45) is 32.4. The van der Waals surface area contributed by atoms with Crippen molar-refractivity contribution < 1.29 is 0 Å². The maximum atomic E-state index is 5.03. The summed E-state index contributed by atoms with van der Waals surface area (Å²) in [6.45, 7) is 5.68. The molecule has 0 aliphatic rings. The summed E-state index contributed by atoms with van der Waals surface area (Å²) < 4.78 is 2.43. The van der Waals surface area contributed by atoms with Crippen molar-refractivity contribution in [2.75, 3.05) is 0 Å². The van der Waals surface area contributed by atoms with Gasteiger partial charge in [-0.05, 0) is 37.7 Å². The number of aromatic nitrogens is 2. The van der Waals surface area contributed by atoms with E-state index in [0.29, 0.717) is 0 Å². The molecule has 0 amide bonds. The SMILES string of the molecule is CCCCCCCCCCCCCCCCCCCc1nc(CCCc2ccccc2)cn1CCC. The summed E-state index contributed by atoms with van der Waals surface area (Å²) in [5.41, 5.74) is 2.73. The number of unbranched alkanes of at least 4 members (excludes halogenated alkanes) is 16. The van der Waals surface area contributed by atoms with Gasteiger partial charge in [-0.1, -0.05) is 147 Å². The largest absolute Gasteiger partial charge is 0.335 e. The highest BCUT2D eigenvalue weighted by Gasteiger charge is 2.08. The molecule has 2 aromatic rings. The number of hydrogen-bond donors (Lipinski definition) is 0. The van der Waals surface area contributed by atoms with E-state index in [1.54, 1.807) is 0 Å².